The third-order valence-electron chi connectivity index (χ3n) is 14.6. The summed E-state index contributed by atoms with van der Waals surface area (Å²) in [5.41, 5.74) is -0.672. The fourth-order valence-corrected chi connectivity index (χ4v) is 10.2. The van der Waals surface area contributed by atoms with Crippen LogP contribution in [-0.2, 0) is 19.0 Å². The molecule has 7 rings (SSSR count). The number of nitrogens with one attached hydrogen (secondary N) is 1. The van der Waals surface area contributed by atoms with E-state index in [2.05, 4.69) is 29.0 Å². The van der Waals surface area contributed by atoms with E-state index in [4.69, 9.17) is 28.3 Å². The number of rotatable bonds is 8. The third kappa shape index (κ3) is 10.8. The number of phenols is 1. The molecule has 1 aromatic heterocycles. The molecule has 1 saturated heterocycles. The predicted octanol–water partition coefficient (Wildman–Crippen LogP) is 6.18. The maximum atomic E-state index is 15.0. The normalized spacial score (nSPS) is 29.0. The van der Waals surface area contributed by atoms with Crippen LogP contribution in [0.1, 0.15) is 77.7 Å². The van der Waals surface area contributed by atoms with E-state index in [1.807, 2.05) is 12.1 Å². The van der Waals surface area contributed by atoms with E-state index >= 15 is 4.79 Å². The lowest BCUT2D eigenvalue weighted by atomic mass is 9.78. The quantitative estimate of drug-likeness (QED) is 0.0379. The van der Waals surface area contributed by atoms with Crippen LogP contribution in [-0.4, -0.2) is 142 Å². The monoisotopic (exact) mass is 998 g/mol. The molecule has 0 aliphatic carbocycles. The van der Waals surface area contributed by atoms with Gasteiger partial charge >= 0.3 is 6.16 Å². The number of amides is 1. The summed E-state index contributed by atoms with van der Waals surface area (Å²) < 4.78 is 29.9. The number of hydrogen-bond acceptors (Lipinski definition) is 17. The van der Waals surface area contributed by atoms with Crippen molar-refractivity contribution in [2.75, 3.05) is 63.3 Å². The first kappa shape index (κ1) is 53.9. The molecule has 3 aliphatic rings. The Kier molecular flexibility index (Phi) is 16.5. The van der Waals surface area contributed by atoms with Crippen LogP contribution in [0.25, 0.3) is 33.0 Å². The van der Waals surface area contributed by atoms with Crippen molar-refractivity contribution in [1.29, 1.82) is 0 Å². The number of Topliss-reactive ketones (excluding diaryl/α,β-unsaturated/α-hetero) is 1. The lowest BCUT2D eigenvalue weighted by Crippen LogP contribution is -2.47. The molecule has 2 unspecified atom stereocenters. The molecule has 390 valence electrons. The number of benzene rings is 3. The number of piperazine rings is 1. The van der Waals surface area contributed by atoms with Crippen molar-refractivity contribution >= 4 is 62.2 Å². The van der Waals surface area contributed by atoms with Crippen LogP contribution in [0.4, 0.5) is 16.2 Å². The number of aromatic nitrogens is 1. The number of aliphatic hydroxyl groups is 4. The first-order valence-corrected chi connectivity index (χ1v) is 24.8. The average Bonchev–Trinajstić information content (AvgIpc) is 3.62. The van der Waals surface area contributed by atoms with Gasteiger partial charge in [0.1, 0.15) is 41.3 Å². The van der Waals surface area contributed by atoms with E-state index in [0.717, 1.165) is 38.4 Å². The van der Waals surface area contributed by atoms with Gasteiger partial charge in [-0.1, -0.05) is 71.9 Å². The number of carbonyl (C=O) groups is 3. The lowest BCUT2D eigenvalue weighted by molar-refractivity contribution is -0.112. The highest BCUT2D eigenvalue weighted by atomic mass is 16.7. The van der Waals surface area contributed by atoms with Gasteiger partial charge in [0.25, 0.3) is 5.91 Å². The van der Waals surface area contributed by atoms with Gasteiger partial charge in [0, 0.05) is 98.2 Å². The molecular weight excluding hydrogens is 929 g/mol. The fourth-order valence-electron chi connectivity index (χ4n) is 10.2. The Labute approximate surface area is 418 Å². The van der Waals surface area contributed by atoms with Crippen molar-refractivity contribution in [3.05, 3.63) is 75.5 Å². The molecule has 0 spiro atoms. The first-order valence-electron chi connectivity index (χ1n) is 24.8. The maximum Gasteiger partial charge on any atom is 0.508 e. The van der Waals surface area contributed by atoms with Crippen LogP contribution < -0.4 is 20.4 Å². The highest BCUT2D eigenvalue weighted by molar-refractivity contribution is 6.26. The molecule has 18 nitrogen and oxygen atoms in total. The van der Waals surface area contributed by atoms with Gasteiger partial charge in [0.15, 0.2) is 27.9 Å². The van der Waals surface area contributed by atoms with Crippen LogP contribution >= 0.6 is 0 Å². The summed E-state index contributed by atoms with van der Waals surface area (Å²) in [6.45, 7) is 18.9. The van der Waals surface area contributed by atoms with Gasteiger partial charge in [-0.3, -0.25) is 19.3 Å². The first-order chi connectivity index (χ1) is 34.1. The predicted molar refractivity (Wildman–Crippen MR) is 273 cm³/mol. The van der Waals surface area contributed by atoms with E-state index in [-0.39, 0.29) is 56.4 Å². The van der Waals surface area contributed by atoms with Gasteiger partial charge in [0.05, 0.1) is 35.9 Å². The molecule has 72 heavy (non-hydrogen) atoms. The van der Waals surface area contributed by atoms with Crippen LogP contribution in [0.15, 0.2) is 63.4 Å². The van der Waals surface area contributed by atoms with Crippen LogP contribution in [0.2, 0.25) is 0 Å². The summed E-state index contributed by atoms with van der Waals surface area (Å²) in [6, 6.07) is 5.60. The number of phenolic OH excluding ortho intramolecular Hbond substituents is 1. The molecule has 0 saturated carbocycles. The molecule has 4 heterocycles. The Morgan fingerprint density at radius 2 is 1.69 bits per heavy atom. The number of methoxy groups -OCH3 is 1. The number of ketones is 1. The van der Waals surface area contributed by atoms with E-state index < -0.39 is 102 Å². The third-order valence-corrected chi connectivity index (χ3v) is 14.6. The Hall–Kier alpha value is -5.89. The van der Waals surface area contributed by atoms with Crippen molar-refractivity contribution < 1.29 is 63.3 Å². The average molecular weight is 999 g/mol. The summed E-state index contributed by atoms with van der Waals surface area (Å²) in [4.78, 5) is 66.4. The summed E-state index contributed by atoms with van der Waals surface area (Å²) in [7, 11) is 1.44. The molecule has 3 aliphatic heterocycles. The summed E-state index contributed by atoms with van der Waals surface area (Å²) >= 11 is 0. The zero-order chi connectivity index (χ0) is 52.5. The minimum absolute atomic E-state index is 0.000511. The van der Waals surface area contributed by atoms with Gasteiger partial charge in [-0.15, -0.1) is 0 Å². The summed E-state index contributed by atoms with van der Waals surface area (Å²) in [5, 5.41) is 57.2. The zero-order valence-electron chi connectivity index (χ0n) is 42.8. The van der Waals surface area contributed by atoms with Crippen molar-refractivity contribution in [3.8, 4) is 11.5 Å². The van der Waals surface area contributed by atoms with Crippen molar-refractivity contribution in [1.82, 2.24) is 9.88 Å². The van der Waals surface area contributed by atoms with Crippen molar-refractivity contribution in [3.63, 3.8) is 0 Å². The van der Waals surface area contributed by atoms with Gasteiger partial charge in [-0.2, -0.15) is 0 Å². The van der Waals surface area contributed by atoms with E-state index in [1.54, 1.807) is 71.9 Å². The van der Waals surface area contributed by atoms with Crippen LogP contribution in [0.5, 0.6) is 11.5 Å². The molecule has 1 amide bonds. The van der Waals surface area contributed by atoms with Crippen molar-refractivity contribution in [2.45, 2.75) is 105 Å². The van der Waals surface area contributed by atoms with E-state index in [0.29, 0.717) is 17.0 Å². The zero-order valence-corrected chi connectivity index (χ0v) is 42.8. The van der Waals surface area contributed by atoms with E-state index in [1.165, 1.54) is 20.1 Å². The van der Waals surface area contributed by atoms with Gasteiger partial charge in [-0.25, -0.2) is 9.78 Å². The maximum absolute atomic E-state index is 15.0. The smallest absolute Gasteiger partial charge is 0.505 e. The number of nitrogens with zero attached hydrogens (tertiary/aromatic N) is 3. The number of aromatic hydroxyl groups is 1. The van der Waals surface area contributed by atoms with Gasteiger partial charge in [0.2, 0.25) is 5.78 Å². The van der Waals surface area contributed by atoms with Gasteiger partial charge in [-0.05, 0) is 38.8 Å². The summed E-state index contributed by atoms with van der Waals surface area (Å²) in [5.74, 6) is -4.16. The molecule has 3 aromatic carbocycles. The Balaban J connectivity index is 1.37. The molecule has 0 radical (unpaired) electrons. The topological polar surface area (TPSA) is 251 Å². The number of allylic oxidation sites excluding steroid dienone is 2. The Morgan fingerprint density at radius 3 is 2.36 bits per heavy atom. The SMILES string of the molecule is CO[C@H]1/C=C/C[C@@]2(C)Oc3c(C)c(=O)c4c(O)c(c5oc6cc(N7CCN(CC(C)C)CC7)ccc6nc5c4c3C2=O)NC(=O)/C(C)=C\C=C\[C@H](C)C(O)[C@@H](C)[C@@H](O)[C@@H](C)[C@H](OC(=O)OCC(O)CO)[C@@H]1C. The van der Waals surface area contributed by atoms with Crippen LogP contribution in [0.3, 0.4) is 0 Å². The Morgan fingerprint density at radius 1 is 0.986 bits per heavy atom. The Bertz CT molecular complexity index is 2850. The molecule has 1 fully saturated rings. The second kappa shape index (κ2) is 22.1. The minimum Gasteiger partial charge on any atom is -0.505 e. The highest BCUT2D eigenvalue weighted by Gasteiger charge is 2.47. The number of ether oxygens (including phenoxy) is 4. The molecule has 6 N–H and O–H groups in total. The summed E-state index contributed by atoms with van der Waals surface area (Å²) in [6.07, 6.45) is 1.18. The number of hydrogen-bond donors (Lipinski definition) is 6. The lowest BCUT2D eigenvalue weighted by Gasteiger charge is -2.38. The molecular formula is C54H70N4O14. The number of fused-ring (bicyclic) bond motifs is 2. The largest absolute Gasteiger partial charge is 0.508 e. The molecule has 10 atom stereocenters. The van der Waals surface area contributed by atoms with Gasteiger partial charge < -0.3 is 59.1 Å². The molecule has 4 bridgehead atoms. The van der Waals surface area contributed by atoms with E-state index in [9.17, 15) is 39.9 Å². The van der Waals surface area contributed by atoms with Crippen molar-refractivity contribution in [2.24, 2.45) is 29.6 Å². The number of carbonyl (C=O) groups excluding carboxylic acids is 3. The second-order valence-corrected chi connectivity index (χ2v) is 20.4. The highest BCUT2D eigenvalue weighted by Crippen LogP contribution is 2.49. The van der Waals surface area contributed by atoms with Crippen LogP contribution in [0, 0.1) is 36.5 Å². The number of anilines is 2. The fraction of sp³-hybridized carbons (Fsp3) is 0.537. The second-order valence-electron chi connectivity index (χ2n) is 20.4. The number of aliphatic hydroxyl groups excluding tert-OH is 4. The molecule has 4 aromatic rings. The minimum atomic E-state index is -1.61. The molecule has 18 heteroatoms. The standard InChI is InChI=1S/C54H70N4O14/c1-27(2)24-57-19-21-58(22-20-57)34-16-17-36-38(23-34)70-50-42(55-36)39-40-46(63)33(8)49-41(39)51(65)54(9,72-49)18-12-15-37(68-10)30(5)48(71-53(67)69-26-35(60)25-59)32(7)45(62)31(6)44(61)28(3)13-11-14-29(4)52(66)56-43(50)47(40)64/h11-17,23,27-28,30-32,35,37,44-45,48,59-62,64H,18-22,24-26H2,1-10H3,(H,56,66)/b13-11+,15-12+,29-14-/t28-,30+,31+,32+,35?,37-,44?,45+,48+,54+/m0/s1.